The van der Waals surface area contributed by atoms with Crippen molar-refractivity contribution in [3.8, 4) is 5.75 Å². The Bertz CT molecular complexity index is 330. The van der Waals surface area contributed by atoms with Gasteiger partial charge in [0.2, 0.25) is 0 Å². The second-order valence-electron chi connectivity index (χ2n) is 4.05. The van der Waals surface area contributed by atoms with E-state index in [0.29, 0.717) is 12.8 Å². The highest BCUT2D eigenvalue weighted by atomic mass is 16.4. The van der Waals surface area contributed by atoms with Crippen LogP contribution in [0.3, 0.4) is 0 Å². The molecule has 16 heavy (non-hydrogen) atoms. The van der Waals surface area contributed by atoms with Gasteiger partial charge in [0, 0.05) is 0 Å². The molecule has 0 saturated heterocycles. The Morgan fingerprint density at radius 2 is 1.94 bits per heavy atom. The molecule has 0 spiro atoms. The number of carboxylic acids is 1. The van der Waals surface area contributed by atoms with Gasteiger partial charge in [-0.3, -0.25) is 4.79 Å². The minimum Gasteiger partial charge on any atom is -0.508 e. The maximum atomic E-state index is 11.0. The molecule has 1 rings (SSSR count). The number of unbranched alkanes of at least 4 members (excludes halogenated alkanes) is 1. The average molecular weight is 222 g/mol. The summed E-state index contributed by atoms with van der Waals surface area (Å²) in [7, 11) is 0. The van der Waals surface area contributed by atoms with Crippen LogP contribution in [-0.4, -0.2) is 16.2 Å². The molecular weight excluding hydrogens is 204 g/mol. The van der Waals surface area contributed by atoms with Gasteiger partial charge in [-0.25, -0.2) is 0 Å². The third kappa shape index (κ3) is 3.93. The minimum absolute atomic E-state index is 0.212. The Labute approximate surface area is 95.7 Å². The number of phenolic OH excluding ortho intramolecular Hbond substituents is 1. The van der Waals surface area contributed by atoms with Crippen LogP contribution in [0.4, 0.5) is 0 Å². The SMILES string of the molecule is CCCC[C@H](Cc1ccc(O)cc1)C(=O)O. The fraction of sp³-hybridized carbons (Fsp3) is 0.462. The maximum Gasteiger partial charge on any atom is 0.306 e. The van der Waals surface area contributed by atoms with Crippen molar-refractivity contribution in [2.24, 2.45) is 5.92 Å². The standard InChI is InChI=1S/C13H18O3/c1-2-3-4-11(13(15)16)9-10-5-7-12(14)8-6-10/h5-8,11,14H,2-4,9H2,1H3,(H,15,16)/t11-/m1/s1. The quantitative estimate of drug-likeness (QED) is 0.778. The van der Waals surface area contributed by atoms with E-state index in [1.165, 1.54) is 0 Å². The van der Waals surface area contributed by atoms with Crippen molar-refractivity contribution in [2.45, 2.75) is 32.6 Å². The summed E-state index contributed by atoms with van der Waals surface area (Å²) in [5.74, 6) is -0.838. The van der Waals surface area contributed by atoms with Crippen molar-refractivity contribution in [1.82, 2.24) is 0 Å². The maximum absolute atomic E-state index is 11.0. The van der Waals surface area contributed by atoms with E-state index >= 15 is 0 Å². The lowest BCUT2D eigenvalue weighted by Crippen LogP contribution is -2.16. The molecule has 3 nitrogen and oxygen atoms in total. The van der Waals surface area contributed by atoms with Gasteiger partial charge in [-0.15, -0.1) is 0 Å². The van der Waals surface area contributed by atoms with Crippen molar-refractivity contribution >= 4 is 5.97 Å². The Balaban J connectivity index is 2.60. The number of hydrogen-bond acceptors (Lipinski definition) is 2. The van der Waals surface area contributed by atoms with Crippen LogP contribution in [0.2, 0.25) is 0 Å². The highest BCUT2D eigenvalue weighted by molar-refractivity contribution is 5.70. The van der Waals surface area contributed by atoms with E-state index in [9.17, 15) is 4.79 Å². The van der Waals surface area contributed by atoms with Crippen molar-refractivity contribution in [1.29, 1.82) is 0 Å². The van der Waals surface area contributed by atoms with Gasteiger partial charge in [-0.1, -0.05) is 31.9 Å². The summed E-state index contributed by atoms with van der Waals surface area (Å²) < 4.78 is 0. The molecule has 88 valence electrons. The van der Waals surface area contributed by atoms with Gasteiger partial charge in [0.05, 0.1) is 5.92 Å². The van der Waals surface area contributed by atoms with Crippen LogP contribution in [0.1, 0.15) is 31.7 Å². The highest BCUT2D eigenvalue weighted by Crippen LogP contribution is 2.17. The molecule has 1 atom stereocenters. The molecule has 3 heteroatoms. The topological polar surface area (TPSA) is 57.5 Å². The van der Waals surface area contributed by atoms with Crippen LogP contribution in [0.25, 0.3) is 0 Å². The first-order chi connectivity index (χ1) is 7.63. The number of hydrogen-bond donors (Lipinski definition) is 2. The van der Waals surface area contributed by atoms with E-state index in [1.807, 2.05) is 0 Å². The first-order valence-corrected chi connectivity index (χ1v) is 5.64. The normalized spacial score (nSPS) is 12.3. The van der Waals surface area contributed by atoms with Crippen LogP contribution in [0, 0.1) is 5.92 Å². The molecule has 0 saturated carbocycles. The second-order valence-corrected chi connectivity index (χ2v) is 4.05. The van der Waals surface area contributed by atoms with E-state index in [1.54, 1.807) is 24.3 Å². The van der Waals surface area contributed by atoms with Crippen LogP contribution < -0.4 is 0 Å². The van der Waals surface area contributed by atoms with Gasteiger partial charge in [0.15, 0.2) is 0 Å². The molecule has 0 aliphatic heterocycles. The predicted molar refractivity (Wildman–Crippen MR) is 62.5 cm³/mol. The summed E-state index contributed by atoms with van der Waals surface area (Å²) in [6, 6.07) is 6.73. The molecule has 0 aliphatic carbocycles. The van der Waals surface area contributed by atoms with Crippen LogP contribution in [-0.2, 0) is 11.2 Å². The summed E-state index contributed by atoms with van der Waals surface area (Å²) in [4.78, 5) is 11.0. The fourth-order valence-corrected chi connectivity index (χ4v) is 1.68. The highest BCUT2D eigenvalue weighted by Gasteiger charge is 2.17. The molecular formula is C13H18O3. The second kappa shape index (κ2) is 6.16. The molecule has 2 N–H and O–H groups in total. The Morgan fingerprint density at radius 1 is 1.31 bits per heavy atom. The monoisotopic (exact) mass is 222 g/mol. The number of phenols is 1. The predicted octanol–water partition coefficient (Wildman–Crippen LogP) is 2.83. The molecule has 0 heterocycles. The molecule has 0 amide bonds. The number of aliphatic carboxylic acids is 1. The number of rotatable bonds is 6. The summed E-state index contributed by atoms with van der Waals surface area (Å²) >= 11 is 0. The van der Waals surface area contributed by atoms with Crippen molar-refractivity contribution < 1.29 is 15.0 Å². The Hall–Kier alpha value is -1.51. The fourth-order valence-electron chi connectivity index (χ4n) is 1.68. The zero-order valence-electron chi connectivity index (χ0n) is 9.52. The molecule has 0 aliphatic rings. The van der Waals surface area contributed by atoms with E-state index in [0.717, 1.165) is 18.4 Å². The van der Waals surface area contributed by atoms with Gasteiger partial charge in [0.1, 0.15) is 5.75 Å². The van der Waals surface area contributed by atoms with E-state index in [-0.39, 0.29) is 11.7 Å². The van der Waals surface area contributed by atoms with Gasteiger partial charge in [-0.05, 0) is 30.5 Å². The average Bonchev–Trinajstić information content (AvgIpc) is 2.26. The summed E-state index contributed by atoms with van der Waals surface area (Å²) in [5, 5.41) is 18.2. The summed E-state index contributed by atoms with van der Waals surface area (Å²) in [6.45, 7) is 2.06. The zero-order valence-corrected chi connectivity index (χ0v) is 9.52. The lowest BCUT2D eigenvalue weighted by Gasteiger charge is -2.11. The Morgan fingerprint density at radius 3 is 2.44 bits per heavy atom. The largest absolute Gasteiger partial charge is 0.508 e. The minimum atomic E-state index is -0.735. The summed E-state index contributed by atoms with van der Waals surface area (Å²) in [5.41, 5.74) is 0.960. The number of aromatic hydroxyl groups is 1. The van der Waals surface area contributed by atoms with Crippen molar-refractivity contribution in [3.05, 3.63) is 29.8 Å². The van der Waals surface area contributed by atoms with Crippen LogP contribution in [0.15, 0.2) is 24.3 Å². The number of benzene rings is 1. The van der Waals surface area contributed by atoms with Gasteiger partial charge in [-0.2, -0.15) is 0 Å². The first kappa shape index (κ1) is 12.6. The lowest BCUT2D eigenvalue weighted by molar-refractivity contribution is -0.141. The Kier molecular flexibility index (Phi) is 4.83. The van der Waals surface area contributed by atoms with Crippen LogP contribution in [0.5, 0.6) is 5.75 Å². The lowest BCUT2D eigenvalue weighted by atomic mass is 9.94. The molecule has 0 aromatic heterocycles. The number of carboxylic acid groups (broad SMARTS) is 1. The van der Waals surface area contributed by atoms with E-state index in [2.05, 4.69) is 6.92 Å². The van der Waals surface area contributed by atoms with E-state index < -0.39 is 5.97 Å². The van der Waals surface area contributed by atoms with E-state index in [4.69, 9.17) is 10.2 Å². The molecule has 1 aromatic carbocycles. The molecule has 1 aromatic rings. The third-order valence-electron chi connectivity index (χ3n) is 2.67. The summed E-state index contributed by atoms with van der Waals surface area (Å²) in [6.07, 6.45) is 3.21. The van der Waals surface area contributed by atoms with Gasteiger partial charge < -0.3 is 10.2 Å². The van der Waals surface area contributed by atoms with Crippen molar-refractivity contribution in [3.63, 3.8) is 0 Å². The van der Waals surface area contributed by atoms with Gasteiger partial charge >= 0.3 is 5.97 Å². The smallest absolute Gasteiger partial charge is 0.306 e. The number of carbonyl (C=O) groups is 1. The molecule has 0 unspecified atom stereocenters. The molecule has 0 bridgehead atoms. The third-order valence-corrected chi connectivity index (χ3v) is 2.67. The van der Waals surface area contributed by atoms with Crippen LogP contribution >= 0.6 is 0 Å². The first-order valence-electron chi connectivity index (χ1n) is 5.64. The molecule has 0 radical (unpaired) electrons. The van der Waals surface area contributed by atoms with Gasteiger partial charge in [0.25, 0.3) is 0 Å². The molecule has 0 fully saturated rings. The van der Waals surface area contributed by atoms with Crippen molar-refractivity contribution in [2.75, 3.05) is 0 Å². The zero-order chi connectivity index (χ0) is 12.0.